The number of fused-ring (bicyclic) bond motifs is 1. The summed E-state index contributed by atoms with van der Waals surface area (Å²) in [4.78, 5) is 24.9. The fourth-order valence-electron chi connectivity index (χ4n) is 5.84. The Morgan fingerprint density at radius 1 is 1.10 bits per heavy atom. The molecule has 3 aromatic rings. The van der Waals surface area contributed by atoms with Crippen LogP contribution in [0.5, 0.6) is 0 Å². The molecule has 0 bridgehead atoms. The van der Waals surface area contributed by atoms with Crippen LogP contribution in [0.3, 0.4) is 0 Å². The number of morpholine rings is 1. The highest BCUT2D eigenvalue weighted by atomic mass is 35.5. The topological polar surface area (TPSA) is 105 Å². The first-order valence-corrected chi connectivity index (χ1v) is 14.0. The number of nitrogens with one attached hydrogen (secondary N) is 2. The molecule has 4 N–H and O–H groups in total. The van der Waals surface area contributed by atoms with Crippen LogP contribution in [0.15, 0.2) is 54.7 Å². The number of halogens is 1. The molecule has 1 saturated heterocycles. The molecule has 1 saturated carbocycles. The zero-order valence-corrected chi connectivity index (χ0v) is 22.6. The molecule has 2 aromatic carbocycles. The number of nitrogens with two attached hydrogens (primary N) is 1. The predicted octanol–water partition coefficient (Wildman–Crippen LogP) is 4.69. The Balaban J connectivity index is 1.13. The SMILES string of the molecule is Nc1ccc(C(=O)N[C@H]2CCC[C@@H](Nc3ncc(Cl)c(C4=CCc5ccccc54)n3)C2)c(N2CCOCC2)c1. The van der Waals surface area contributed by atoms with Gasteiger partial charge in [-0.15, -0.1) is 0 Å². The van der Waals surface area contributed by atoms with Crippen LogP contribution in [0.1, 0.15) is 52.9 Å². The maximum absolute atomic E-state index is 13.4. The second-order valence-corrected chi connectivity index (χ2v) is 10.8. The smallest absolute Gasteiger partial charge is 0.253 e. The maximum Gasteiger partial charge on any atom is 0.253 e. The molecular weight excluding hydrogens is 512 g/mol. The fraction of sp³-hybridized carbons (Fsp3) is 0.367. The van der Waals surface area contributed by atoms with Crippen molar-refractivity contribution < 1.29 is 9.53 Å². The number of nitrogen functional groups attached to an aromatic ring is 1. The van der Waals surface area contributed by atoms with E-state index in [-0.39, 0.29) is 18.0 Å². The highest BCUT2D eigenvalue weighted by molar-refractivity contribution is 6.32. The zero-order chi connectivity index (χ0) is 26.8. The van der Waals surface area contributed by atoms with Crippen LogP contribution >= 0.6 is 11.6 Å². The molecule has 9 heteroatoms. The maximum atomic E-state index is 13.4. The molecule has 2 aliphatic carbocycles. The van der Waals surface area contributed by atoms with Crippen molar-refractivity contribution in [2.24, 2.45) is 0 Å². The number of aromatic nitrogens is 2. The fourth-order valence-corrected chi connectivity index (χ4v) is 6.03. The number of ether oxygens (including phenoxy) is 1. The molecular formula is C30H33ClN6O2. The van der Waals surface area contributed by atoms with Crippen molar-refractivity contribution in [3.8, 4) is 0 Å². The quantitative estimate of drug-likeness (QED) is 0.387. The molecule has 202 valence electrons. The number of carbonyl (C=O) groups is 1. The third-order valence-corrected chi connectivity index (χ3v) is 8.07. The third kappa shape index (κ3) is 5.58. The Kier molecular flexibility index (Phi) is 7.39. The molecule has 8 nitrogen and oxygen atoms in total. The Hall–Kier alpha value is -3.62. The minimum atomic E-state index is -0.0704. The number of anilines is 3. The van der Waals surface area contributed by atoms with Gasteiger partial charge in [0, 0.05) is 36.4 Å². The van der Waals surface area contributed by atoms with E-state index < -0.39 is 0 Å². The summed E-state index contributed by atoms with van der Waals surface area (Å²) < 4.78 is 5.49. The largest absolute Gasteiger partial charge is 0.399 e. The highest BCUT2D eigenvalue weighted by Gasteiger charge is 2.27. The summed E-state index contributed by atoms with van der Waals surface area (Å²) >= 11 is 6.54. The van der Waals surface area contributed by atoms with Gasteiger partial charge in [-0.25, -0.2) is 9.97 Å². The van der Waals surface area contributed by atoms with Gasteiger partial charge >= 0.3 is 0 Å². The number of hydrogen-bond donors (Lipinski definition) is 3. The van der Waals surface area contributed by atoms with E-state index in [0.29, 0.717) is 35.4 Å². The number of carbonyl (C=O) groups excluding carboxylic acids is 1. The van der Waals surface area contributed by atoms with Crippen molar-refractivity contribution in [3.63, 3.8) is 0 Å². The van der Waals surface area contributed by atoms with E-state index in [1.54, 1.807) is 12.3 Å². The van der Waals surface area contributed by atoms with Gasteiger partial charge in [-0.3, -0.25) is 4.79 Å². The first-order chi connectivity index (χ1) is 19.0. The summed E-state index contributed by atoms with van der Waals surface area (Å²) in [7, 11) is 0. The van der Waals surface area contributed by atoms with Gasteiger partial charge in [0.15, 0.2) is 0 Å². The van der Waals surface area contributed by atoms with E-state index >= 15 is 0 Å². The van der Waals surface area contributed by atoms with E-state index in [2.05, 4.69) is 44.8 Å². The average Bonchev–Trinajstić information content (AvgIpc) is 3.39. The standard InChI is InChI=1S/C30H33ClN6O2/c31-26-18-33-30(36-28(26)24-10-8-19-4-1-2-7-23(19)24)35-22-6-3-5-21(17-22)34-29(38)25-11-9-20(32)16-27(25)37-12-14-39-15-13-37/h1-2,4,7,9-11,16,18,21-22H,3,5-6,8,12-15,17,32H2,(H,34,38)(H,33,35,36)/t21-,22+/m0/s1. The molecule has 0 radical (unpaired) electrons. The first kappa shape index (κ1) is 25.6. The van der Waals surface area contributed by atoms with Gasteiger partial charge in [-0.1, -0.05) is 41.9 Å². The molecule has 6 rings (SSSR count). The average molecular weight is 545 g/mol. The second-order valence-electron chi connectivity index (χ2n) is 10.4. The molecule has 39 heavy (non-hydrogen) atoms. The molecule has 1 aromatic heterocycles. The summed E-state index contributed by atoms with van der Waals surface area (Å²) in [6.45, 7) is 2.77. The summed E-state index contributed by atoms with van der Waals surface area (Å²) in [5, 5.41) is 7.33. The molecule has 3 aliphatic rings. The Morgan fingerprint density at radius 2 is 1.92 bits per heavy atom. The monoisotopic (exact) mass is 544 g/mol. The van der Waals surface area contributed by atoms with Crippen molar-refractivity contribution in [3.05, 3.63) is 82.1 Å². The van der Waals surface area contributed by atoms with Gasteiger partial charge in [-0.2, -0.15) is 0 Å². The van der Waals surface area contributed by atoms with Crippen LogP contribution in [0.25, 0.3) is 5.57 Å². The summed E-state index contributed by atoms with van der Waals surface area (Å²) in [6.07, 6.45) is 8.43. The molecule has 0 unspecified atom stereocenters. The number of amides is 1. The zero-order valence-electron chi connectivity index (χ0n) is 21.8. The van der Waals surface area contributed by atoms with Crippen molar-refractivity contribution in [2.45, 2.75) is 44.2 Å². The number of allylic oxidation sites excluding steroid dienone is 1. The minimum absolute atomic E-state index is 0.0510. The van der Waals surface area contributed by atoms with Gasteiger partial charge in [0.05, 0.1) is 41.4 Å². The van der Waals surface area contributed by atoms with E-state index in [4.69, 9.17) is 27.1 Å². The number of rotatable bonds is 6. The Bertz CT molecular complexity index is 1400. The van der Waals surface area contributed by atoms with Crippen molar-refractivity contribution in [1.29, 1.82) is 0 Å². The minimum Gasteiger partial charge on any atom is -0.399 e. The van der Waals surface area contributed by atoms with E-state index in [0.717, 1.165) is 62.1 Å². The van der Waals surface area contributed by atoms with E-state index in [1.807, 2.05) is 18.2 Å². The van der Waals surface area contributed by atoms with Gasteiger partial charge < -0.3 is 26.0 Å². The normalized spacial score (nSPS) is 20.7. The molecule has 1 aliphatic heterocycles. The van der Waals surface area contributed by atoms with Crippen molar-refractivity contribution >= 4 is 40.4 Å². The van der Waals surface area contributed by atoms with Crippen LogP contribution in [0.4, 0.5) is 17.3 Å². The summed E-state index contributed by atoms with van der Waals surface area (Å²) in [5.41, 5.74) is 12.5. The number of hydrogen-bond acceptors (Lipinski definition) is 7. The Labute approximate surface area is 233 Å². The lowest BCUT2D eigenvalue weighted by atomic mass is 9.90. The lowest BCUT2D eigenvalue weighted by Gasteiger charge is -2.32. The molecule has 2 atom stereocenters. The summed E-state index contributed by atoms with van der Waals surface area (Å²) in [6, 6.07) is 14.0. The highest BCUT2D eigenvalue weighted by Crippen LogP contribution is 2.35. The Morgan fingerprint density at radius 3 is 2.79 bits per heavy atom. The number of benzene rings is 2. The van der Waals surface area contributed by atoms with Crippen molar-refractivity contribution in [1.82, 2.24) is 15.3 Å². The van der Waals surface area contributed by atoms with Gasteiger partial charge in [0.25, 0.3) is 5.91 Å². The second kappa shape index (κ2) is 11.2. The molecule has 2 heterocycles. The van der Waals surface area contributed by atoms with Gasteiger partial charge in [0.1, 0.15) is 0 Å². The van der Waals surface area contributed by atoms with Crippen LogP contribution in [-0.2, 0) is 11.2 Å². The van der Waals surface area contributed by atoms with E-state index in [9.17, 15) is 4.79 Å². The lowest BCUT2D eigenvalue weighted by Crippen LogP contribution is -2.43. The van der Waals surface area contributed by atoms with Crippen molar-refractivity contribution in [2.75, 3.05) is 42.3 Å². The van der Waals surface area contributed by atoms with Gasteiger partial charge in [0.2, 0.25) is 5.95 Å². The molecule has 2 fully saturated rings. The van der Waals surface area contributed by atoms with Crippen LogP contribution in [0.2, 0.25) is 5.02 Å². The van der Waals surface area contributed by atoms with Gasteiger partial charge in [-0.05, 0) is 61.4 Å². The first-order valence-electron chi connectivity index (χ1n) is 13.7. The van der Waals surface area contributed by atoms with Crippen LogP contribution in [0, 0.1) is 0 Å². The van der Waals surface area contributed by atoms with Crippen LogP contribution in [-0.4, -0.2) is 54.3 Å². The van der Waals surface area contributed by atoms with E-state index in [1.165, 1.54) is 11.1 Å². The number of nitrogens with zero attached hydrogens (tertiary/aromatic N) is 3. The summed E-state index contributed by atoms with van der Waals surface area (Å²) in [5.74, 6) is 0.490. The lowest BCUT2D eigenvalue weighted by molar-refractivity contribution is 0.0925. The third-order valence-electron chi connectivity index (χ3n) is 7.79. The van der Waals surface area contributed by atoms with Crippen LogP contribution < -0.4 is 21.3 Å². The predicted molar refractivity (Wildman–Crippen MR) is 155 cm³/mol. The molecule has 0 spiro atoms. The molecule has 1 amide bonds.